The fourth-order valence-electron chi connectivity index (χ4n) is 1.16. The number of guanidine groups is 1. The first kappa shape index (κ1) is 11.0. The molecule has 1 aliphatic carbocycles. The maximum absolute atomic E-state index is 5.85. The molecule has 0 aliphatic heterocycles. The lowest BCUT2D eigenvalue weighted by Crippen LogP contribution is -2.23. The van der Waals surface area contributed by atoms with E-state index in [2.05, 4.69) is 32.9 Å². The lowest BCUT2D eigenvalue weighted by atomic mass is 10.3. The molecule has 1 aromatic carbocycles. The molecule has 0 radical (unpaired) electrons. The van der Waals surface area contributed by atoms with E-state index in [0.717, 1.165) is 27.1 Å². The standard InChI is InChI=1S/C10H11ClIN3/c11-6-1-4-9(8(12)5-6)15-10(13)14-7-2-3-7/h1,4-5,7H,2-3H2,(H3,13,14,15). The number of aliphatic imine (C=N–C) groups is 1. The Hall–Kier alpha value is -0.490. The smallest absolute Gasteiger partial charge is 0.193 e. The third-order valence-corrected chi connectivity index (χ3v) is 3.19. The van der Waals surface area contributed by atoms with E-state index < -0.39 is 0 Å². The molecule has 0 bridgehead atoms. The zero-order valence-electron chi connectivity index (χ0n) is 8.00. The molecule has 0 spiro atoms. The summed E-state index contributed by atoms with van der Waals surface area (Å²) in [7, 11) is 0. The molecule has 0 saturated heterocycles. The van der Waals surface area contributed by atoms with Gasteiger partial charge in [0.1, 0.15) is 0 Å². The van der Waals surface area contributed by atoms with E-state index >= 15 is 0 Å². The van der Waals surface area contributed by atoms with Gasteiger partial charge in [0.05, 0.1) is 11.7 Å². The van der Waals surface area contributed by atoms with Gasteiger partial charge in [-0.1, -0.05) is 11.6 Å². The molecule has 1 aromatic rings. The number of halogens is 2. The van der Waals surface area contributed by atoms with Crippen LogP contribution in [0.2, 0.25) is 5.02 Å². The Labute approximate surface area is 107 Å². The van der Waals surface area contributed by atoms with Gasteiger partial charge >= 0.3 is 0 Å². The molecule has 0 atom stereocenters. The van der Waals surface area contributed by atoms with E-state index in [1.54, 1.807) is 0 Å². The van der Waals surface area contributed by atoms with E-state index in [1.807, 2.05) is 18.2 Å². The molecule has 1 fully saturated rings. The zero-order valence-corrected chi connectivity index (χ0v) is 10.9. The van der Waals surface area contributed by atoms with Crippen molar-refractivity contribution in [2.24, 2.45) is 10.7 Å². The number of benzene rings is 1. The molecular formula is C10H11ClIN3. The van der Waals surface area contributed by atoms with E-state index in [1.165, 1.54) is 0 Å². The summed E-state index contributed by atoms with van der Waals surface area (Å²) in [6.45, 7) is 0. The van der Waals surface area contributed by atoms with Crippen LogP contribution in [-0.2, 0) is 0 Å². The summed E-state index contributed by atoms with van der Waals surface area (Å²) >= 11 is 8.06. The van der Waals surface area contributed by atoms with Crippen LogP contribution in [0, 0.1) is 3.57 Å². The van der Waals surface area contributed by atoms with Crippen LogP contribution in [0.15, 0.2) is 23.2 Å². The fraction of sp³-hybridized carbons (Fsp3) is 0.300. The predicted molar refractivity (Wildman–Crippen MR) is 72.4 cm³/mol. The number of nitrogens with zero attached hydrogens (tertiary/aromatic N) is 1. The van der Waals surface area contributed by atoms with Gasteiger partial charge in [-0.3, -0.25) is 0 Å². The Morgan fingerprint density at radius 3 is 2.87 bits per heavy atom. The molecule has 15 heavy (non-hydrogen) atoms. The van der Waals surface area contributed by atoms with Crippen LogP contribution < -0.4 is 11.1 Å². The molecule has 0 aromatic heterocycles. The van der Waals surface area contributed by atoms with Crippen LogP contribution in [0.1, 0.15) is 12.8 Å². The summed E-state index contributed by atoms with van der Waals surface area (Å²) in [5.74, 6) is 0.484. The second kappa shape index (κ2) is 4.57. The molecule has 3 N–H and O–H groups in total. The minimum Gasteiger partial charge on any atom is -0.370 e. The van der Waals surface area contributed by atoms with Crippen LogP contribution in [0.4, 0.5) is 5.69 Å². The van der Waals surface area contributed by atoms with Gasteiger partial charge in [0.2, 0.25) is 0 Å². The van der Waals surface area contributed by atoms with Crippen LogP contribution in [0.25, 0.3) is 0 Å². The summed E-state index contributed by atoms with van der Waals surface area (Å²) < 4.78 is 1.04. The number of anilines is 1. The molecule has 0 unspecified atom stereocenters. The predicted octanol–water partition coefficient (Wildman–Crippen LogP) is 2.83. The normalized spacial score (nSPS) is 16.5. The monoisotopic (exact) mass is 335 g/mol. The van der Waals surface area contributed by atoms with Crippen molar-refractivity contribution in [2.45, 2.75) is 18.9 Å². The van der Waals surface area contributed by atoms with Gasteiger partial charge in [-0.05, 0) is 53.6 Å². The first-order chi connectivity index (χ1) is 7.15. The molecule has 80 valence electrons. The van der Waals surface area contributed by atoms with Crippen molar-refractivity contribution >= 4 is 45.8 Å². The largest absolute Gasteiger partial charge is 0.370 e. The van der Waals surface area contributed by atoms with E-state index in [9.17, 15) is 0 Å². The SMILES string of the molecule is NC(=NC1CC1)Nc1ccc(Cl)cc1I. The number of nitrogens with two attached hydrogens (primary N) is 1. The summed E-state index contributed by atoms with van der Waals surface area (Å²) in [4.78, 5) is 4.29. The van der Waals surface area contributed by atoms with Crippen molar-refractivity contribution in [2.75, 3.05) is 5.32 Å². The third-order valence-electron chi connectivity index (χ3n) is 2.06. The van der Waals surface area contributed by atoms with Gasteiger partial charge in [-0.15, -0.1) is 0 Å². The van der Waals surface area contributed by atoms with Gasteiger partial charge in [0.25, 0.3) is 0 Å². The molecule has 3 nitrogen and oxygen atoms in total. The van der Waals surface area contributed by atoms with Gasteiger partial charge in [-0.2, -0.15) is 0 Å². The Morgan fingerprint density at radius 2 is 2.27 bits per heavy atom. The second-order valence-electron chi connectivity index (χ2n) is 3.49. The molecule has 1 aliphatic rings. The highest BCUT2D eigenvalue weighted by Gasteiger charge is 2.20. The van der Waals surface area contributed by atoms with Crippen LogP contribution in [0.3, 0.4) is 0 Å². The molecule has 0 heterocycles. The quantitative estimate of drug-likeness (QED) is 0.496. The fourth-order valence-corrected chi connectivity index (χ4v) is 2.17. The van der Waals surface area contributed by atoms with Crippen LogP contribution >= 0.6 is 34.2 Å². The molecule has 1 saturated carbocycles. The lowest BCUT2D eigenvalue weighted by molar-refractivity contribution is 1.06. The van der Waals surface area contributed by atoms with Crippen LogP contribution in [0.5, 0.6) is 0 Å². The van der Waals surface area contributed by atoms with Crippen molar-refractivity contribution in [3.63, 3.8) is 0 Å². The van der Waals surface area contributed by atoms with Gasteiger partial charge in [0, 0.05) is 8.59 Å². The average Bonchev–Trinajstić information content (AvgIpc) is 2.94. The van der Waals surface area contributed by atoms with E-state index in [-0.39, 0.29) is 0 Å². The van der Waals surface area contributed by atoms with Crippen molar-refractivity contribution in [3.05, 3.63) is 26.8 Å². The Bertz CT molecular complexity index is 402. The molecule has 0 amide bonds. The lowest BCUT2D eigenvalue weighted by Gasteiger charge is -2.07. The second-order valence-corrected chi connectivity index (χ2v) is 5.09. The summed E-state index contributed by atoms with van der Waals surface area (Å²) in [5, 5.41) is 3.80. The highest BCUT2D eigenvalue weighted by Crippen LogP contribution is 2.24. The zero-order chi connectivity index (χ0) is 10.8. The van der Waals surface area contributed by atoms with Crippen molar-refractivity contribution < 1.29 is 0 Å². The number of hydrogen-bond acceptors (Lipinski definition) is 1. The minimum atomic E-state index is 0.433. The topological polar surface area (TPSA) is 50.4 Å². The summed E-state index contributed by atoms with van der Waals surface area (Å²) in [6.07, 6.45) is 2.31. The highest BCUT2D eigenvalue weighted by atomic mass is 127. The first-order valence-corrected chi connectivity index (χ1v) is 6.16. The molecule has 2 rings (SSSR count). The minimum absolute atomic E-state index is 0.433. The van der Waals surface area contributed by atoms with Crippen molar-refractivity contribution in [3.8, 4) is 0 Å². The van der Waals surface area contributed by atoms with Crippen molar-refractivity contribution in [1.29, 1.82) is 0 Å². The maximum Gasteiger partial charge on any atom is 0.193 e. The van der Waals surface area contributed by atoms with Gasteiger partial charge < -0.3 is 11.1 Å². The molecule has 5 heteroatoms. The summed E-state index contributed by atoms with van der Waals surface area (Å²) in [6, 6.07) is 6.05. The Morgan fingerprint density at radius 1 is 1.53 bits per heavy atom. The number of hydrogen-bond donors (Lipinski definition) is 2. The van der Waals surface area contributed by atoms with E-state index in [0.29, 0.717) is 12.0 Å². The van der Waals surface area contributed by atoms with Gasteiger partial charge in [0.15, 0.2) is 5.96 Å². The Balaban J connectivity index is 2.09. The van der Waals surface area contributed by atoms with Crippen molar-refractivity contribution in [1.82, 2.24) is 0 Å². The Kier molecular flexibility index (Phi) is 3.35. The number of nitrogens with one attached hydrogen (secondary N) is 1. The molecular weight excluding hydrogens is 324 g/mol. The number of rotatable bonds is 2. The highest BCUT2D eigenvalue weighted by molar-refractivity contribution is 14.1. The summed E-state index contributed by atoms with van der Waals surface area (Å²) in [5.41, 5.74) is 6.70. The van der Waals surface area contributed by atoms with Crippen LogP contribution in [-0.4, -0.2) is 12.0 Å². The first-order valence-electron chi connectivity index (χ1n) is 4.70. The van der Waals surface area contributed by atoms with E-state index in [4.69, 9.17) is 17.3 Å². The third kappa shape index (κ3) is 3.24. The average molecular weight is 336 g/mol. The van der Waals surface area contributed by atoms with Gasteiger partial charge in [-0.25, -0.2) is 4.99 Å². The maximum atomic E-state index is 5.85.